The molecule has 138 valence electrons. The molecule has 1 aliphatic heterocycles. The van der Waals surface area contributed by atoms with Gasteiger partial charge in [0.25, 0.3) is 5.91 Å². The molecule has 0 fully saturated rings. The van der Waals surface area contributed by atoms with Gasteiger partial charge in [0, 0.05) is 17.8 Å². The number of carbonyl (C=O) groups excluding carboxylic acids is 1. The first-order valence-corrected chi connectivity index (χ1v) is 10.2. The normalized spacial score (nSPS) is 14.0. The standard InChI is InChI=1S/C19H21FN2O3S/c1-2-12-26(24,25)22-11-3-4-14-7-10-17(13-18(14)22)21-19(23)15-5-8-16(20)9-6-15/h5-10,13H,2-4,11-12H2,1H3,(H,21,23). The van der Waals surface area contributed by atoms with Crippen LogP contribution in [0.1, 0.15) is 35.7 Å². The molecular formula is C19H21FN2O3S. The number of benzene rings is 2. The minimum atomic E-state index is -3.37. The van der Waals surface area contributed by atoms with Crippen molar-refractivity contribution in [1.82, 2.24) is 0 Å². The fraction of sp³-hybridized carbons (Fsp3) is 0.316. The summed E-state index contributed by atoms with van der Waals surface area (Å²) >= 11 is 0. The number of fused-ring (bicyclic) bond motifs is 1. The summed E-state index contributed by atoms with van der Waals surface area (Å²) in [6.07, 6.45) is 2.13. The van der Waals surface area contributed by atoms with Crippen LogP contribution >= 0.6 is 0 Å². The highest BCUT2D eigenvalue weighted by molar-refractivity contribution is 7.92. The average molecular weight is 376 g/mol. The lowest BCUT2D eigenvalue weighted by Crippen LogP contribution is -2.37. The Labute approximate surface area is 152 Å². The van der Waals surface area contributed by atoms with Crippen LogP contribution in [0, 0.1) is 5.82 Å². The molecule has 0 radical (unpaired) electrons. The summed E-state index contributed by atoms with van der Waals surface area (Å²) in [4.78, 5) is 12.3. The van der Waals surface area contributed by atoms with E-state index in [2.05, 4.69) is 5.32 Å². The fourth-order valence-corrected chi connectivity index (χ4v) is 4.69. The van der Waals surface area contributed by atoms with Crippen LogP contribution in [0.2, 0.25) is 0 Å². The summed E-state index contributed by atoms with van der Waals surface area (Å²) in [6, 6.07) is 10.6. The quantitative estimate of drug-likeness (QED) is 0.867. The average Bonchev–Trinajstić information content (AvgIpc) is 2.61. The predicted molar refractivity (Wildman–Crippen MR) is 101 cm³/mol. The number of nitrogens with zero attached hydrogens (tertiary/aromatic N) is 1. The molecule has 0 spiro atoms. The van der Waals surface area contributed by atoms with Gasteiger partial charge in [0.1, 0.15) is 5.82 Å². The molecule has 5 nitrogen and oxygen atoms in total. The molecule has 0 bridgehead atoms. The SMILES string of the molecule is CCCS(=O)(=O)N1CCCc2ccc(NC(=O)c3ccc(F)cc3)cc21. The molecule has 1 heterocycles. The van der Waals surface area contributed by atoms with E-state index in [-0.39, 0.29) is 11.7 Å². The van der Waals surface area contributed by atoms with Gasteiger partial charge in [0.05, 0.1) is 11.4 Å². The summed E-state index contributed by atoms with van der Waals surface area (Å²) in [5.41, 5.74) is 2.42. The number of amides is 1. The Hall–Kier alpha value is -2.41. The molecule has 0 atom stereocenters. The highest BCUT2D eigenvalue weighted by Gasteiger charge is 2.27. The van der Waals surface area contributed by atoms with Gasteiger partial charge in [-0.2, -0.15) is 0 Å². The zero-order valence-electron chi connectivity index (χ0n) is 14.5. The van der Waals surface area contributed by atoms with E-state index in [1.54, 1.807) is 12.1 Å². The second-order valence-corrected chi connectivity index (χ2v) is 8.31. The number of hydrogen-bond acceptors (Lipinski definition) is 3. The molecular weight excluding hydrogens is 355 g/mol. The zero-order chi connectivity index (χ0) is 18.7. The third kappa shape index (κ3) is 3.88. The van der Waals surface area contributed by atoms with Gasteiger partial charge in [0.2, 0.25) is 10.0 Å². The van der Waals surface area contributed by atoms with Crippen molar-refractivity contribution in [3.05, 3.63) is 59.4 Å². The van der Waals surface area contributed by atoms with Gasteiger partial charge in [-0.25, -0.2) is 12.8 Å². The number of sulfonamides is 1. The number of carbonyl (C=O) groups is 1. The number of rotatable bonds is 5. The van der Waals surface area contributed by atoms with Gasteiger partial charge in [-0.1, -0.05) is 13.0 Å². The first kappa shape index (κ1) is 18.4. The zero-order valence-corrected chi connectivity index (χ0v) is 15.4. The van der Waals surface area contributed by atoms with E-state index in [0.29, 0.717) is 29.9 Å². The lowest BCUT2D eigenvalue weighted by Gasteiger charge is -2.31. The Kier molecular flexibility index (Phi) is 5.27. The van der Waals surface area contributed by atoms with Crippen LogP contribution in [0.25, 0.3) is 0 Å². The monoisotopic (exact) mass is 376 g/mol. The van der Waals surface area contributed by atoms with Crippen molar-refractivity contribution in [2.45, 2.75) is 26.2 Å². The van der Waals surface area contributed by atoms with E-state index in [0.717, 1.165) is 18.4 Å². The fourth-order valence-electron chi connectivity index (χ4n) is 3.08. The molecule has 3 rings (SSSR count). The van der Waals surface area contributed by atoms with Crippen LogP contribution in [0.5, 0.6) is 0 Å². The van der Waals surface area contributed by atoms with E-state index in [9.17, 15) is 17.6 Å². The minimum Gasteiger partial charge on any atom is -0.322 e. The molecule has 1 amide bonds. The van der Waals surface area contributed by atoms with E-state index in [1.165, 1.54) is 28.6 Å². The van der Waals surface area contributed by atoms with Crippen molar-refractivity contribution in [2.24, 2.45) is 0 Å². The van der Waals surface area contributed by atoms with E-state index < -0.39 is 15.8 Å². The van der Waals surface area contributed by atoms with Crippen LogP contribution in [-0.4, -0.2) is 26.6 Å². The molecule has 2 aromatic rings. The van der Waals surface area contributed by atoms with Gasteiger partial charge >= 0.3 is 0 Å². The molecule has 0 unspecified atom stereocenters. The van der Waals surface area contributed by atoms with Crippen LogP contribution in [0.3, 0.4) is 0 Å². The van der Waals surface area contributed by atoms with Crippen molar-refractivity contribution in [1.29, 1.82) is 0 Å². The molecule has 7 heteroatoms. The summed E-state index contributed by atoms with van der Waals surface area (Å²) < 4.78 is 39.5. The molecule has 26 heavy (non-hydrogen) atoms. The number of nitrogens with one attached hydrogen (secondary N) is 1. The predicted octanol–water partition coefficient (Wildman–Crippen LogP) is 3.57. The van der Waals surface area contributed by atoms with Crippen molar-refractivity contribution in [3.63, 3.8) is 0 Å². The second-order valence-electron chi connectivity index (χ2n) is 6.30. The first-order chi connectivity index (χ1) is 12.4. The molecule has 0 aromatic heterocycles. The highest BCUT2D eigenvalue weighted by atomic mass is 32.2. The van der Waals surface area contributed by atoms with Crippen LogP contribution in [0.4, 0.5) is 15.8 Å². The lowest BCUT2D eigenvalue weighted by molar-refractivity contribution is 0.102. The first-order valence-electron chi connectivity index (χ1n) is 8.61. The third-order valence-corrected chi connectivity index (χ3v) is 6.30. The van der Waals surface area contributed by atoms with Gasteiger partial charge in [-0.15, -0.1) is 0 Å². The summed E-state index contributed by atoms with van der Waals surface area (Å²) in [6.45, 7) is 2.28. The third-order valence-electron chi connectivity index (χ3n) is 4.32. The Morgan fingerprint density at radius 1 is 1.19 bits per heavy atom. The number of anilines is 2. The van der Waals surface area contributed by atoms with Crippen LogP contribution in [-0.2, 0) is 16.4 Å². The van der Waals surface area contributed by atoms with E-state index in [4.69, 9.17) is 0 Å². The van der Waals surface area contributed by atoms with Crippen LogP contribution in [0.15, 0.2) is 42.5 Å². The molecule has 1 N–H and O–H groups in total. The molecule has 0 saturated heterocycles. The minimum absolute atomic E-state index is 0.0958. The maximum atomic E-state index is 13.0. The van der Waals surface area contributed by atoms with Gasteiger partial charge in [0.15, 0.2) is 0 Å². The van der Waals surface area contributed by atoms with Crippen molar-refractivity contribution >= 4 is 27.3 Å². The van der Waals surface area contributed by atoms with Gasteiger partial charge in [-0.05, 0) is 61.2 Å². The Bertz CT molecular complexity index is 911. The molecule has 1 aliphatic rings. The van der Waals surface area contributed by atoms with Crippen molar-refractivity contribution < 1.29 is 17.6 Å². The number of hydrogen-bond donors (Lipinski definition) is 1. The maximum Gasteiger partial charge on any atom is 0.255 e. The molecule has 0 saturated carbocycles. The number of aryl methyl sites for hydroxylation is 1. The van der Waals surface area contributed by atoms with Gasteiger partial charge < -0.3 is 5.32 Å². The highest BCUT2D eigenvalue weighted by Crippen LogP contribution is 2.32. The summed E-state index contributed by atoms with van der Waals surface area (Å²) in [5, 5.41) is 2.75. The van der Waals surface area contributed by atoms with Crippen molar-refractivity contribution in [3.8, 4) is 0 Å². The van der Waals surface area contributed by atoms with E-state index >= 15 is 0 Å². The maximum absolute atomic E-state index is 13.0. The second kappa shape index (κ2) is 7.45. The summed E-state index contributed by atoms with van der Waals surface area (Å²) in [5.74, 6) is -0.686. The van der Waals surface area contributed by atoms with Crippen LogP contribution < -0.4 is 9.62 Å². The Morgan fingerprint density at radius 3 is 2.62 bits per heavy atom. The molecule has 0 aliphatic carbocycles. The Balaban J connectivity index is 1.87. The largest absolute Gasteiger partial charge is 0.322 e. The topological polar surface area (TPSA) is 66.5 Å². The number of halogens is 1. The smallest absolute Gasteiger partial charge is 0.255 e. The van der Waals surface area contributed by atoms with Gasteiger partial charge in [-0.3, -0.25) is 9.10 Å². The molecule has 2 aromatic carbocycles. The van der Waals surface area contributed by atoms with Crippen molar-refractivity contribution in [2.75, 3.05) is 21.9 Å². The Morgan fingerprint density at radius 2 is 1.92 bits per heavy atom. The lowest BCUT2D eigenvalue weighted by atomic mass is 10.0. The summed E-state index contributed by atoms with van der Waals surface area (Å²) in [7, 11) is -3.37. The van der Waals surface area contributed by atoms with E-state index in [1.807, 2.05) is 13.0 Å².